The summed E-state index contributed by atoms with van der Waals surface area (Å²) in [6.07, 6.45) is -4.88. The minimum Gasteiger partial charge on any atom is -0.547 e. The van der Waals surface area contributed by atoms with E-state index in [0.29, 0.717) is 0 Å². The van der Waals surface area contributed by atoms with Gasteiger partial charge in [-0.05, 0) is 0 Å². The van der Waals surface area contributed by atoms with Gasteiger partial charge in [0.2, 0.25) is 0 Å². The number of carbonyl (C=O) groups is 2. The first-order valence-corrected chi connectivity index (χ1v) is 2.24. The van der Waals surface area contributed by atoms with E-state index in [2.05, 4.69) is 0 Å². The maximum atomic E-state index is 9.63. The zero-order valence-electron chi connectivity index (χ0n) is 7.39. The minimum atomic E-state index is -2.44. The number of hydrogen-bond donors (Lipinski definition) is 2. The van der Waals surface area contributed by atoms with Crippen LogP contribution in [0.5, 0.6) is 0 Å². The Balaban J connectivity index is -0.0000000405. The van der Waals surface area contributed by atoms with Crippen LogP contribution in [0.1, 0.15) is 0 Å². The monoisotopic (exact) mass is 308 g/mol. The molecule has 0 aromatic heterocycles. The van der Waals surface area contributed by atoms with Crippen molar-refractivity contribution in [1.82, 2.24) is 0 Å². The Bertz CT molecular complexity index is 142. The standard InChI is InChI=1S/C4H6O6.4H2O.Sr/c5-1(3(7)8)2(6)4(9)10;;;;;/h1-2,5-6H,(H,7,8)(H,9,10);4*1H2;/q;;;;;+2/p-2. The van der Waals surface area contributed by atoms with Crippen LogP contribution in [0.4, 0.5) is 0 Å². The SMILES string of the molecule is O.O.O.O.O=C([O-])C(O)C(O)C(=O)[O-].[Sr+2]. The number of carbonyl (C=O) groups excluding carboxylic acids is 2. The van der Waals surface area contributed by atoms with Crippen molar-refractivity contribution in [2.75, 3.05) is 0 Å². The van der Waals surface area contributed by atoms with Crippen molar-refractivity contribution >= 4 is 57.4 Å². The van der Waals surface area contributed by atoms with Gasteiger partial charge in [-0.15, -0.1) is 0 Å². The van der Waals surface area contributed by atoms with E-state index >= 15 is 0 Å². The van der Waals surface area contributed by atoms with E-state index in [-0.39, 0.29) is 67.4 Å². The first-order chi connectivity index (χ1) is 4.46. The van der Waals surface area contributed by atoms with Gasteiger partial charge < -0.3 is 51.9 Å². The summed E-state index contributed by atoms with van der Waals surface area (Å²) in [5.41, 5.74) is 0. The molecule has 0 saturated heterocycles. The van der Waals surface area contributed by atoms with Crippen LogP contribution in [0, 0.1) is 0 Å². The van der Waals surface area contributed by atoms with Gasteiger partial charge >= 0.3 is 45.5 Å². The van der Waals surface area contributed by atoms with Crippen molar-refractivity contribution < 1.29 is 51.9 Å². The average Bonchev–Trinajstić information content (AvgIpc) is 1.84. The third-order valence-electron chi connectivity index (χ3n) is 0.782. The van der Waals surface area contributed by atoms with E-state index in [1.54, 1.807) is 0 Å². The van der Waals surface area contributed by atoms with Crippen LogP contribution in [0.15, 0.2) is 0 Å². The molecule has 0 heterocycles. The molecule has 0 aliphatic carbocycles. The largest absolute Gasteiger partial charge is 2.00 e. The molecular weight excluding hydrogens is 296 g/mol. The number of aliphatic hydroxyl groups is 2. The van der Waals surface area contributed by atoms with Gasteiger partial charge in [0, 0.05) is 0 Å². The van der Waals surface area contributed by atoms with Crippen LogP contribution in [0.2, 0.25) is 0 Å². The molecule has 0 bridgehead atoms. The fourth-order valence-electron chi connectivity index (χ4n) is 0.258. The second-order valence-electron chi connectivity index (χ2n) is 1.53. The summed E-state index contributed by atoms with van der Waals surface area (Å²) >= 11 is 0. The molecule has 0 aliphatic heterocycles. The molecule has 0 fully saturated rings. The van der Waals surface area contributed by atoms with Crippen molar-refractivity contribution in [2.45, 2.75) is 12.2 Å². The maximum absolute atomic E-state index is 9.63. The van der Waals surface area contributed by atoms with Gasteiger partial charge in [0.25, 0.3) is 0 Å². The maximum Gasteiger partial charge on any atom is 2.00 e. The van der Waals surface area contributed by atoms with Crippen LogP contribution in [0.25, 0.3) is 0 Å². The van der Waals surface area contributed by atoms with E-state index < -0.39 is 24.1 Å². The molecule has 2 atom stereocenters. The predicted octanol–water partition coefficient (Wildman–Crippen LogP) is -8.47. The predicted molar refractivity (Wildman–Crippen MR) is 42.2 cm³/mol. The molecule has 11 heteroatoms. The third kappa shape index (κ3) is 14.2. The molecule has 10 N–H and O–H groups in total. The Labute approximate surface area is 121 Å². The smallest absolute Gasteiger partial charge is 0.547 e. The van der Waals surface area contributed by atoms with E-state index in [0.717, 1.165) is 0 Å². The Morgan fingerprint density at radius 1 is 0.800 bits per heavy atom. The molecule has 0 rings (SSSR count). The van der Waals surface area contributed by atoms with Gasteiger partial charge in [-0.25, -0.2) is 0 Å². The molecule has 0 saturated carbocycles. The molecule has 0 aromatic rings. The zero-order valence-corrected chi connectivity index (χ0v) is 10.9. The van der Waals surface area contributed by atoms with Crippen LogP contribution >= 0.6 is 0 Å². The summed E-state index contributed by atoms with van der Waals surface area (Å²) in [7, 11) is 0. The normalized spacial score (nSPS) is 10.5. The van der Waals surface area contributed by atoms with Gasteiger partial charge in [0.15, 0.2) is 0 Å². The van der Waals surface area contributed by atoms with Gasteiger partial charge in [-0.3, -0.25) is 0 Å². The van der Waals surface area contributed by atoms with Gasteiger partial charge in [0.1, 0.15) is 12.2 Å². The van der Waals surface area contributed by atoms with Crippen molar-refractivity contribution in [2.24, 2.45) is 0 Å². The summed E-state index contributed by atoms with van der Waals surface area (Å²) in [5.74, 6) is -4.12. The van der Waals surface area contributed by atoms with E-state index in [1.807, 2.05) is 0 Å². The molecule has 0 radical (unpaired) electrons. The summed E-state index contributed by atoms with van der Waals surface area (Å²) in [5, 5.41) is 35.7. The number of rotatable bonds is 3. The fourth-order valence-corrected chi connectivity index (χ4v) is 0.258. The van der Waals surface area contributed by atoms with E-state index in [1.165, 1.54) is 0 Å². The molecule has 0 spiro atoms. The summed E-state index contributed by atoms with van der Waals surface area (Å²) in [6, 6.07) is 0. The van der Waals surface area contributed by atoms with Crippen LogP contribution in [-0.4, -0.2) is 102 Å². The summed E-state index contributed by atoms with van der Waals surface area (Å²) in [4.78, 5) is 19.3. The van der Waals surface area contributed by atoms with Crippen molar-refractivity contribution in [3.8, 4) is 0 Å². The molecule has 0 aliphatic rings. The second kappa shape index (κ2) is 16.6. The van der Waals surface area contributed by atoms with Crippen molar-refractivity contribution in [1.29, 1.82) is 0 Å². The Morgan fingerprint density at radius 3 is 1.00 bits per heavy atom. The zero-order chi connectivity index (χ0) is 8.31. The second-order valence-corrected chi connectivity index (χ2v) is 1.53. The first kappa shape index (κ1) is 36.2. The average molecular weight is 308 g/mol. The molecule has 10 nitrogen and oxygen atoms in total. The fraction of sp³-hybridized carbons (Fsp3) is 0.500. The van der Waals surface area contributed by atoms with Gasteiger partial charge in [0.05, 0.1) is 11.9 Å². The third-order valence-corrected chi connectivity index (χ3v) is 0.782. The van der Waals surface area contributed by atoms with Crippen molar-refractivity contribution in [3.05, 3.63) is 0 Å². The molecule has 2 unspecified atom stereocenters. The summed E-state index contributed by atoms with van der Waals surface area (Å²) < 4.78 is 0. The first-order valence-electron chi connectivity index (χ1n) is 2.24. The van der Waals surface area contributed by atoms with Crippen molar-refractivity contribution in [3.63, 3.8) is 0 Å². The topological polar surface area (TPSA) is 247 Å². The van der Waals surface area contributed by atoms with Gasteiger partial charge in [-0.1, -0.05) is 0 Å². The molecule has 0 aromatic carbocycles. The van der Waals surface area contributed by atoms with E-state index in [4.69, 9.17) is 10.2 Å². The van der Waals surface area contributed by atoms with Gasteiger partial charge in [-0.2, -0.15) is 0 Å². The Kier molecular flexibility index (Phi) is 40.1. The molecule has 15 heavy (non-hydrogen) atoms. The molecular formula is C4H12O10Sr. The quantitative estimate of drug-likeness (QED) is 0.478. The number of aliphatic hydroxyl groups excluding tert-OH is 2. The minimum absolute atomic E-state index is 0. The van der Waals surface area contributed by atoms with Crippen LogP contribution in [-0.2, 0) is 9.59 Å². The molecule has 90 valence electrons. The summed E-state index contributed by atoms with van der Waals surface area (Å²) in [6.45, 7) is 0. The van der Waals surface area contributed by atoms with E-state index in [9.17, 15) is 19.8 Å². The number of aliphatic carboxylic acids is 2. The van der Waals surface area contributed by atoms with Crippen LogP contribution < -0.4 is 10.2 Å². The number of hydrogen-bond acceptors (Lipinski definition) is 6. The van der Waals surface area contributed by atoms with Crippen LogP contribution in [0.3, 0.4) is 0 Å². The Morgan fingerprint density at radius 2 is 0.933 bits per heavy atom. The number of carboxylic acid groups (broad SMARTS) is 2. The number of carboxylic acids is 2. The Hall–Kier alpha value is 0.181. The molecule has 0 amide bonds.